The minimum absolute atomic E-state index is 0.429. The number of benzene rings is 1. The topological polar surface area (TPSA) is 72.3 Å². The number of anilines is 2. The first-order chi connectivity index (χ1) is 7.93. The van der Waals surface area contributed by atoms with Crippen molar-refractivity contribution in [3.8, 4) is 0 Å². The average molecular weight is 274 g/mol. The van der Waals surface area contributed by atoms with Crippen LogP contribution in [-0.4, -0.2) is 17.2 Å². The second-order valence-corrected chi connectivity index (χ2v) is 3.50. The van der Waals surface area contributed by atoms with Crippen LogP contribution in [0.25, 0.3) is 0 Å². The van der Waals surface area contributed by atoms with Gasteiger partial charge in [-0.3, -0.25) is 0 Å². The van der Waals surface area contributed by atoms with Crippen LogP contribution >= 0.6 is 0 Å². The van der Waals surface area contributed by atoms with Gasteiger partial charge in [0, 0.05) is 5.56 Å². The molecule has 1 atom stereocenters. The number of nitrogens with two attached hydrogens (primary N) is 2. The Morgan fingerprint density at radius 2 is 1.44 bits per heavy atom. The van der Waals surface area contributed by atoms with Crippen LogP contribution in [0.15, 0.2) is 18.2 Å². The Balaban J connectivity index is 3.43. The lowest BCUT2D eigenvalue weighted by atomic mass is 9.98. The Bertz CT molecular complexity index is 457. The summed E-state index contributed by atoms with van der Waals surface area (Å²) < 4.78 is 75.3. The first-order valence-electron chi connectivity index (χ1n) is 4.43. The van der Waals surface area contributed by atoms with Crippen LogP contribution in [0.1, 0.15) is 5.56 Å². The molecular weight excluding hydrogens is 266 g/mol. The van der Waals surface area contributed by atoms with Crippen LogP contribution in [0.4, 0.5) is 37.7 Å². The molecule has 1 aromatic carbocycles. The third-order valence-electron chi connectivity index (χ3n) is 2.27. The molecule has 5 N–H and O–H groups in total. The molecule has 18 heavy (non-hydrogen) atoms. The van der Waals surface area contributed by atoms with E-state index >= 15 is 0 Å². The molecule has 1 aromatic rings. The van der Waals surface area contributed by atoms with Crippen molar-refractivity contribution in [1.29, 1.82) is 0 Å². The second kappa shape index (κ2) is 3.94. The van der Waals surface area contributed by atoms with Crippen LogP contribution in [0.3, 0.4) is 0 Å². The minimum atomic E-state index is -6.28. The third-order valence-corrected chi connectivity index (χ3v) is 2.27. The predicted molar refractivity (Wildman–Crippen MR) is 51.3 cm³/mol. The Kier molecular flexibility index (Phi) is 3.16. The van der Waals surface area contributed by atoms with Crippen molar-refractivity contribution in [2.45, 2.75) is 18.0 Å². The summed E-state index contributed by atoms with van der Waals surface area (Å²) in [5.74, 6) is -11.0. The molecule has 0 saturated heterocycles. The minimum Gasteiger partial charge on any atom is -0.397 e. The summed E-state index contributed by atoms with van der Waals surface area (Å²) >= 11 is 0. The van der Waals surface area contributed by atoms with E-state index < -0.39 is 34.9 Å². The molecule has 0 aromatic heterocycles. The van der Waals surface area contributed by atoms with Crippen molar-refractivity contribution in [3.63, 3.8) is 0 Å². The number of hydrogen-bond donors (Lipinski definition) is 3. The lowest BCUT2D eigenvalue weighted by Gasteiger charge is -2.31. The lowest BCUT2D eigenvalue weighted by Crippen LogP contribution is -2.52. The molecule has 0 bridgehead atoms. The molecule has 3 nitrogen and oxygen atoms in total. The molecule has 0 aliphatic carbocycles. The van der Waals surface area contributed by atoms with E-state index in [0.717, 1.165) is 12.1 Å². The SMILES string of the molecule is Nc1cccc(C(O)(F)C(F)(F)C(F)(F)F)c1N. The number of para-hydroxylation sites is 1. The molecule has 0 spiro atoms. The fourth-order valence-corrected chi connectivity index (χ4v) is 1.23. The van der Waals surface area contributed by atoms with Crippen molar-refractivity contribution in [2.75, 3.05) is 11.5 Å². The Morgan fingerprint density at radius 1 is 0.944 bits per heavy atom. The van der Waals surface area contributed by atoms with Crippen molar-refractivity contribution in [3.05, 3.63) is 23.8 Å². The van der Waals surface area contributed by atoms with Crippen molar-refractivity contribution in [2.24, 2.45) is 0 Å². The highest BCUT2D eigenvalue weighted by molar-refractivity contribution is 5.68. The summed E-state index contributed by atoms with van der Waals surface area (Å²) in [6.45, 7) is 0. The largest absolute Gasteiger partial charge is 0.459 e. The highest BCUT2D eigenvalue weighted by atomic mass is 19.4. The maximum absolute atomic E-state index is 13.5. The van der Waals surface area contributed by atoms with Gasteiger partial charge in [-0.1, -0.05) is 12.1 Å². The van der Waals surface area contributed by atoms with Gasteiger partial charge in [0.05, 0.1) is 11.4 Å². The van der Waals surface area contributed by atoms with E-state index in [1.807, 2.05) is 0 Å². The summed E-state index contributed by atoms with van der Waals surface area (Å²) in [7, 11) is 0. The highest BCUT2D eigenvalue weighted by Gasteiger charge is 2.72. The first kappa shape index (κ1) is 14.4. The quantitative estimate of drug-likeness (QED) is 0.571. The molecule has 0 saturated carbocycles. The molecule has 1 rings (SSSR count). The fourth-order valence-electron chi connectivity index (χ4n) is 1.23. The summed E-state index contributed by atoms with van der Waals surface area (Å²) in [5, 5.41) is 8.88. The zero-order chi connectivity index (χ0) is 14.4. The van der Waals surface area contributed by atoms with Gasteiger partial charge < -0.3 is 16.6 Å². The third kappa shape index (κ3) is 1.94. The monoisotopic (exact) mass is 274 g/mol. The molecule has 0 heterocycles. The molecule has 0 fully saturated rings. The van der Waals surface area contributed by atoms with Crippen molar-refractivity contribution in [1.82, 2.24) is 0 Å². The normalized spacial score (nSPS) is 16.4. The molecule has 1 unspecified atom stereocenters. The van der Waals surface area contributed by atoms with Gasteiger partial charge in [-0.05, 0) is 6.07 Å². The molecular formula is C9H8F6N2O. The van der Waals surface area contributed by atoms with Gasteiger partial charge >= 0.3 is 18.0 Å². The maximum atomic E-state index is 13.5. The van der Waals surface area contributed by atoms with Crippen LogP contribution in [0, 0.1) is 0 Å². The van der Waals surface area contributed by atoms with E-state index in [0.29, 0.717) is 6.07 Å². The number of hydrogen-bond acceptors (Lipinski definition) is 3. The molecule has 0 amide bonds. The van der Waals surface area contributed by atoms with Crippen LogP contribution in [0.2, 0.25) is 0 Å². The smallest absolute Gasteiger partial charge is 0.397 e. The van der Waals surface area contributed by atoms with Crippen LogP contribution in [-0.2, 0) is 5.85 Å². The van der Waals surface area contributed by atoms with E-state index in [1.54, 1.807) is 0 Å². The van der Waals surface area contributed by atoms with Gasteiger partial charge in [0.25, 0.3) is 0 Å². The zero-order valence-corrected chi connectivity index (χ0v) is 8.60. The van der Waals surface area contributed by atoms with Gasteiger partial charge in [0.1, 0.15) is 0 Å². The predicted octanol–water partition coefficient (Wildman–Crippen LogP) is 2.16. The van der Waals surface area contributed by atoms with E-state index in [2.05, 4.69) is 0 Å². The van der Waals surface area contributed by atoms with Gasteiger partial charge in [-0.15, -0.1) is 0 Å². The fraction of sp³-hybridized carbons (Fsp3) is 0.333. The van der Waals surface area contributed by atoms with E-state index in [1.165, 1.54) is 0 Å². The Hall–Kier alpha value is -1.64. The maximum Gasteiger partial charge on any atom is 0.459 e. The van der Waals surface area contributed by atoms with E-state index in [-0.39, 0.29) is 0 Å². The van der Waals surface area contributed by atoms with Gasteiger partial charge in [0.15, 0.2) is 0 Å². The summed E-state index contributed by atoms with van der Waals surface area (Å²) in [4.78, 5) is 0. The van der Waals surface area contributed by atoms with Gasteiger partial charge in [0.2, 0.25) is 0 Å². The van der Waals surface area contributed by atoms with Crippen LogP contribution < -0.4 is 11.5 Å². The van der Waals surface area contributed by atoms with Crippen molar-refractivity contribution >= 4 is 11.4 Å². The van der Waals surface area contributed by atoms with E-state index in [9.17, 15) is 26.3 Å². The Labute approximate surface area is 97.0 Å². The standard InChI is InChI=1S/C9H8F6N2O/c10-7(18,8(11,12)9(13,14)15)4-2-1-3-5(16)6(4)17/h1-3,18H,16-17H2. The molecule has 0 aliphatic heterocycles. The summed E-state index contributed by atoms with van der Waals surface area (Å²) in [5.41, 5.74) is 7.47. The second-order valence-electron chi connectivity index (χ2n) is 3.50. The first-order valence-corrected chi connectivity index (χ1v) is 4.43. The van der Waals surface area contributed by atoms with E-state index in [4.69, 9.17) is 16.6 Å². The average Bonchev–Trinajstić information content (AvgIpc) is 2.19. The molecule has 0 aliphatic rings. The summed E-state index contributed by atoms with van der Waals surface area (Å²) in [6, 6.07) is 2.43. The highest BCUT2D eigenvalue weighted by Crippen LogP contribution is 2.50. The van der Waals surface area contributed by atoms with Crippen molar-refractivity contribution < 1.29 is 31.4 Å². The molecule has 9 heteroatoms. The zero-order valence-electron chi connectivity index (χ0n) is 8.60. The number of rotatable bonds is 2. The number of alkyl halides is 6. The van der Waals surface area contributed by atoms with Crippen LogP contribution in [0.5, 0.6) is 0 Å². The molecule has 102 valence electrons. The Morgan fingerprint density at radius 3 is 1.89 bits per heavy atom. The summed E-state index contributed by atoms with van der Waals surface area (Å²) in [6.07, 6.45) is -6.28. The number of nitrogen functional groups attached to an aromatic ring is 2. The number of aliphatic hydroxyl groups is 1. The van der Waals surface area contributed by atoms with Gasteiger partial charge in [-0.25, -0.2) is 0 Å². The lowest BCUT2D eigenvalue weighted by molar-refractivity contribution is -0.379. The van der Waals surface area contributed by atoms with Gasteiger partial charge in [-0.2, -0.15) is 26.3 Å². The molecule has 0 radical (unpaired) electrons. The number of halogens is 6.